The van der Waals surface area contributed by atoms with Gasteiger partial charge in [-0.15, -0.1) is 0 Å². The summed E-state index contributed by atoms with van der Waals surface area (Å²) in [6.07, 6.45) is -0.775. The van der Waals surface area contributed by atoms with Gasteiger partial charge in [-0.05, 0) is 67.6 Å². The smallest absolute Gasteiger partial charge is 0.265 e. The van der Waals surface area contributed by atoms with Gasteiger partial charge in [0.2, 0.25) is 5.91 Å². The van der Waals surface area contributed by atoms with E-state index in [-0.39, 0.29) is 24.3 Å². The predicted molar refractivity (Wildman–Crippen MR) is 123 cm³/mol. The second-order valence-corrected chi connectivity index (χ2v) is 7.42. The Balaban J connectivity index is 1.41. The number of carbonyl (C=O) groups excluding carboxylic acids is 3. The lowest BCUT2D eigenvalue weighted by Crippen LogP contribution is -2.42. The first-order chi connectivity index (χ1) is 15.9. The maximum atomic E-state index is 13.0. The highest BCUT2D eigenvalue weighted by atomic mass is 16.5. The Kier molecular flexibility index (Phi) is 6.04. The number of benzene rings is 3. The lowest BCUT2D eigenvalue weighted by Gasteiger charge is -2.29. The molecule has 8 heteroatoms. The molecule has 0 spiro atoms. The molecule has 0 aromatic heterocycles. The Morgan fingerprint density at radius 2 is 1.76 bits per heavy atom. The Bertz CT molecular complexity index is 1250. The minimum absolute atomic E-state index is 0.0709. The third kappa shape index (κ3) is 4.83. The Labute approximate surface area is 190 Å². The highest BCUT2D eigenvalue weighted by Gasteiger charge is 2.27. The molecule has 4 rings (SSSR count). The molecule has 3 aromatic rings. The fourth-order valence-electron chi connectivity index (χ4n) is 3.38. The van der Waals surface area contributed by atoms with Crippen molar-refractivity contribution in [1.82, 2.24) is 0 Å². The van der Waals surface area contributed by atoms with E-state index in [9.17, 15) is 14.4 Å². The monoisotopic (exact) mass is 440 g/mol. The maximum absolute atomic E-state index is 13.0. The predicted octanol–water partition coefficient (Wildman–Crippen LogP) is 3.56. The van der Waals surface area contributed by atoms with Crippen LogP contribution in [0.2, 0.25) is 0 Å². The second-order valence-electron chi connectivity index (χ2n) is 7.42. The van der Waals surface area contributed by atoms with Crippen molar-refractivity contribution in [3.8, 4) is 11.8 Å². The number of para-hydroxylation sites is 2. The first-order valence-corrected chi connectivity index (χ1v) is 10.2. The summed E-state index contributed by atoms with van der Waals surface area (Å²) in [5, 5.41) is 14.4. The van der Waals surface area contributed by atoms with Crippen molar-refractivity contribution in [2.45, 2.75) is 13.0 Å². The van der Waals surface area contributed by atoms with E-state index in [4.69, 9.17) is 10.00 Å². The van der Waals surface area contributed by atoms with Gasteiger partial charge in [0.25, 0.3) is 11.8 Å². The van der Waals surface area contributed by atoms with Crippen LogP contribution in [-0.2, 0) is 9.59 Å². The molecule has 1 aliphatic heterocycles. The van der Waals surface area contributed by atoms with E-state index in [0.717, 1.165) is 0 Å². The van der Waals surface area contributed by atoms with Crippen LogP contribution in [0.5, 0.6) is 5.75 Å². The summed E-state index contributed by atoms with van der Waals surface area (Å²) in [7, 11) is 0. The average Bonchev–Trinajstić information content (AvgIpc) is 2.84. The fraction of sp³-hybridized carbons (Fsp3) is 0.120. The van der Waals surface area contributed by atoms with Crippen LogP contribution in [0.3, 0.4) is 0 Å². The normalized spacial score (nSPS) is 13.2. The number of amides is 3. The van der Waals surface area contributed by atoms with E-state index in [1.54, 1.807) is 79.7 Å². The van der Waals surface area contributed by atoms with E-state index in [1.807, 2.05) is 6.07 Å². The van der Waals surface area contributed by atoms with Gasteiger partial charge >= 0.3 is 0 Å². The minimum Gasteiger partial charge on any atom is -0.481 e. The first kappa shape index (κ1) is 21.6. The van der Waals surface area contributed by atoms with E-state index in [1.165, 1.54) is 4.90 Å². The van der Waals surface area contributed by atoms with Gasteiger partial charge < -0.3 is 15.4 Å². The molecule has 3 amide bonds. The SMILES string of the molecule is CC(Oc1ccc(C#N)cc1)C(=O)Nc1ccc(C(=O)N2CC(=O)Nc3ccccc32)cc1. The molecule has 2 N–H and O–H groups in total. The van der Waals surface area contributed by atoms with Crippen LogP contribution in [0.4, 0.5) is 17.1 Å². The lowest BCUT2D eigenvalue weighted by molar-refractivity contribution is -0.122. The van der Waals surface area contributed by atoms with Crippen molar-refractivity contribution in [3.05, 3.63) is 83.9 Å². The average molecular weight is 440 g/mol. The van der Waals surface area contributed by atoms with Gasteiger partial charge in [0, 0.05) is 11.3 Å². The molecule has 8 nitrogen and oxygen atoms in total. The van der Waals surface area contributed by atoms with Crippen LogP contribution < -0.4 is 20.3 Å². The molecule has 0 radical (unpaired) electrons. The summed E-state index contributed by atoms with van der Waals surface area (Å²) >= 11 is 0. The number of hydrogen-bond donors (Lipinski definition) is 2. The standard InChI is InChI=1S/C25H20N4O4/c1-16(33-20-12-6-17(14-26)7-13-20)24(31)27-19-10-8-18(9-11-19)25(32)29-15-23(30)28-21-4-2-3-5-22(21)29/h2-13,16H,15H2,1H3,(H,27,31)(H,28,30). The largest absolute Gasteiger partial charge is 0.481 e. The van der Waals surface area contributed by atoms with Gasteiger partial charge in [-0.3, -0.25) is 19.3 Å². The van der Waals surface area contributed by atoms with Gasteiger partial charge in [0.05, 0.1) is 23.0 Å². The Morgan fingerprint density at radius 1 is 1.06 bits per heavy atom. The molecular weight excluding hydrogens is 420 g/mol. The minimum atomic E-state index is -0.775. The van der Waals surface area contributed by atoms with Gasteiger partial charge in [0.1, 0.15) is 12.3 Å². The third-order valence-electron chi connectivity index (χ3n) is 5.08. The Morgan fingerprint density at radius 3 is 2.45 bits per heavy atom. The van der Waals surface area contributed by atoms with Crippen molar-refractivity contribution < 1.29 is 19.1 Å². The molecule has 0 aliphatic carbocycles. The first-order valence-electron chi connectivity index (χ1n) is 10.2. The quantitative estimate of drug-likeness (QED) is 0.630. The highest BCUT2D eigenvalue weighted by molar-refractivity contribution is 6.15. The molecule has 0 fully saturated rings. The highest BCUT2D eigenvalue weighted by Crippen LogP contribution is 2.30. The molecule has 164 valence electrons. The van der Waals surface area contributed by atoms with E-state index < -0.39 is 6.10 Å². The number of rotatable bonds is 5. The van der Waals surface area contributed by atoms with Crippen LogP contribution in [0.1, 0.15) is 22.8 Å². The molecule has 1 atom stereocenters. The summed E-state index contributed by atoms with van der Waals surface area (Å²) in [4.78, 5) is 38.9. The summed E-state index contributed by atoms with van der Waals surface area (Å²) in [5.41, 5.74) is 2.61. The van der Waals surface area contributed by atoms with Crippen LogP contribution in [0.25, 0.3) is 0 Å². The Hall–Kier alpha value is -4.64. The summed E-state index contributed by atoms with van der Waals surface area (Å²) in [6, 6.07) is 22.0. The number of fused-ring (bicyclic) bond motifs is 1. The van der Waals surface area contributed by atoms with Crippen molar-refractivity contribution in [2.75, 3.05) is 22.1 Å². The summed E-state index contributed by atoms with van der Waals surface area (Å²) in [5.74, 6) is -0.460. The zero-order valence-corrected chi connectivity index (χ0v) is 17.7. The topological polar surface area (TPSA) is 112 Å². The van der Waals surface area contributed by atoms with Crippen molar-refractivity contribution in [2.24, 2.45) is 0 Å². The third-order valence-corrected chi connectivity index (χ3v) is 5.08. The zero-order chi connectivity index (χ0) is 23.4. The molecule has 0 saturated carbocycles. The van der Waals surface area contributed by atoms with Crippen molar-refractivity contribution in [1.29, 1.82) is 5.26 Å². The zero-order valence-electron chi connectivity index (χ0n) is 17.7. The molecule has 3 aromatic carbocycles. The number of carbonyl (C=O) groups is 3. The molecule has 0 bridgehead atoms. The number of hydrogen-bond acceptors (Lipinski definition) is 5. The molecule has 1 aliphatic rings. The van der Waals surface area contributed by atoms with Gasteiger partial charge in [0.15, 0.2) is 6.10 Å². The van der Waals surface area contributed by atoms with Crippen LogP contribution in [0, 0.1) is 11.3 Å². The fourth-order valence-corrected chi connectivity index (χ4v) is 3.38. The number of ether oxygens (including phenoxy) is 1. The van der Waals surface area contributed by atoms with E-state index >= 15 is 0 Å². The number of nitrogens with zero attached hydrogens (tertiary/aromatic N) is 2. The summed E-state index contributed by atoms with van der Waals surface area (Å²) in [6.45, 7) is 1.54. The molecule has 1 heterocycles. The lowest BCUT2D eigenvalue weighted by atomic mass is 10.1. The molecule has 0 saturated heterocycles. The maximum Gasteiger partial charge on any atom is 0.265 e. The van der Waals surface area contributed by atoms with Crippen LogP contribution in [-0.4, -0.2) is 30.4 Å². The molecule has 33 heavy (non-hydrogen) atoms. The van der Waals surface area contributed by atoms with Crippen molar-refractivity contribution in [3.63, 3.8) is 0 Å². The van der Waals surface area contributed by atoms with Gasteiger partial charge in [-0.1, -0.05) is 12.1 Å². The van der Waals surface area contributed by atoms with Crippen molar-refractivity contribution >= 4 is 34.8 Å². The second kappa shape index (κ2) is 9.24. The number of nitrogens with one attached hydrogen (secondary N) is 2. The van der Waals surface area contributed by atoms with Crippen LogP contribution in [0.15, 0.2) is 72.8 Å². The van der Waals surface area contributed by atoms with Gasteiger partial charge in [-0.25, -0.2) is 0 Å². The van der Waals surface area contributed by atoms with E-state index in [2.05, 4.69) is 10.6 Å². The van der Waals surface area contributed by atoms with E-state index in [0.29, 0.717) is 33.9 Å². The summed E-state index contributed by atoms with van der Waals surface area (Å²) < 4.78 is 5.61. The van der Waals surface area contributed by atoms with Gasteiger partial charge in [-0.2, -0.15) is 5.26 Å². The molecule has 1 unspecified atom stereocenters. The van der Waals surface area contributed by atoms with Crippen LogP contribution >= 0.6 is 0 Å². The molecular formula is C25H20N4O4. The number of anilines is 3. The number of nitriles is 1.